The minimum Gasteiger partial charge on any atom is -0.545 e. The normalized spacial score (nSPS) is 23.4. The summed E-state index contributed by atoms with van der Waals surface area (Å²) < 4.78 is 0. The van der Waals surface area contributed by atoms with Crippen molar-refractivity contribution in [1.29, 1.82) is 0 Å². The van der Waals surface area contributed by atoms with Crippen LogP contribution in [-0.4, -0.2) is 41.0 Å². The van der Waals surface area contributed by atoms with Crippen molar-refractivity contribution in [3.8, 4) is 0 Å². The summed E-state index contributed by atoms with van der Waals surface area (Å²) in [6.07, 6.45) is 3.09. The Kier molecular flexibility index (Phi) is 7.82. The van der Waals surface area contributed by atoms with Gasteiger partial charge in [-0.1, -0.05) is 18.6 Å². The van der Waals surface area contributed by atoms with Crippen LogP contribution in [-0.2, 0) is 4.79 Å². The molecule has 2 fully saturated rings. The molecule has 2 unspecified atom stereocenters. The number of urea groups is 1. The predicted octanol–water partition coefficient (Wildman–Crippen LogP) is -2.28. The molecule has 0 aliphatic carbocycles. The Morgan fingerprint density at radius 2 is 1.92 bits per heavy atom. The number of nitrogens with one attached hydrogen (secondary N) is 3. The van der Waals surface area contributed by atoms with Crippen molar-refractivity contribution in [3.05, 3.63) is 29.8 Å². The molecule has 3 N–H and O–H groups in total. The molecule has 2 aliphatic rings. The molecule has 2 aliphatic heterocycles. The van der Waals surface area contributed by atoms with Gasteiger partial charge in [0, 0.05) is 23.1 Å². The summed E-state index contributed by atoms with van der Waals surface area (Å²) in [7, 11) is 0. The summed E-state index contributed by atoms with van der Waals surface area (Å²) in [5.41, 5.74) is 0.655. The zero-order valence-corrected chi connectivity index (χ0v) is 17.4. The van der Waals surface area contributed by atoms with Crippen LogP contribution in [0.3, 0.4) is 0 Å². The Hall–Kier alpha value is -1.22. The average Bonchev–Trinajstić information content (AvgIpc) is 3.11. The van der Waals surface area contributed by atoms with Crippen molar-refractivity contribution in [2.75, 3.05) is 11.1 Å². The summed E-state index contributed by atoms with van der Waals surface area (Å²) in [6, 6.07) is 6.26. The summed E-state index contributed by atoms with van der Waals surface area (Å²) in [5.74, 6) is -0.385. The van der Waals surface area contributed by atoms with Gasteiger partial charge in [0.15, 0.2) is 0 Å². The van der Waals surface area contributed by atoms with Crippen LogP contribution in [0, 0.1) is 0 Å². The maximum Gasteiger partial charge on any atom is 1.00 e. The second-order valence-electron chi connectivity index (χ2n) is 6.28. The maximum atomic E-state index is 11.9. The number of rotatable bonds is 7. The molecule has 0 spiro atoms. The van der Waals surface area contributed by atoms with E-state index in [1.165, 1.54) is 12.1 Å². The van der Waals surface area contributed by atoms with E-state index >= 15 is 0 Å². The van der Waals surface area contributed by atoms with Gasteiger partial charge in [-0.15, -0.1) is 0 Å². The Balaban J connectivity index is 0.00000243. The smallest absolute Gasteiger partial charge is 0.545 e. The summed E-state index contributed by atoms with van der Waals surface area (Å²) >= 11 is 1.87. The summed E-state index contributed by atoms with van der Waals surface area (Å²) in [5, 5.41) is 19.7. The van der Waals surface area contributed by atoms with Crippen molar-refractivity contribution >= 4 is 35.4 Å². The Labute approximate surface area is 178 Å². The van der Waals surface area contributed by atoms with Crippen molar-refractivity contribution in [3.63, 3.8) is 0 Å². The van der Waals surface area contributed by atoms with E-state index in [1.807, 2.05) is 11.8 Å². The quantitative estimate of drug-likeness (QED) is 0.278. The second kappa shape index (κ2) is 9.64. The molecule has 7 nitrogen and oxygen atoms in total. The van der Waals surface area contributed by atoms with Crippen molar-refractivity contribution < 1.29 is 49.0 Å². The minimum atomic E-state index is -1.24. The first-order valence-corrected chi connectivity index (χ1v) is 9.38. The molecule has 3 amide bonds. The van der Waals surface area contributed by atoms with Gasteiger partial charge in [-0.3, -0.25) is 4.79 Å². The molecule has 1 aromatic rings. The Morgan fingerprint density at radius 1 is 1.19 bits per heavy atom. The SMILES string of the molecule is O=C(CCCC[C@@H]1SCC2NC(=O)NC21)Nc1ccc(C(=O)[O-])cc1.[Na+]. The van der Waals surface area contributed by atoms with Crippen LogP contribution in [0.2, 0.25) is 0 Å². The molecule has 0 saturated carbocycles. The molecule has 3 rings (SSSR count). The number of carboxylic acid groups (broad SMARTS) is 1. The van der Waals surface area contributed by atoms with E-state index in [-0.39, 0.29) is 59.1 Å². The first-order chi connectivity index (χ1) is 12.0. The molecular formula is C17H20N3NaO4S. The van der Waals surface area contributed by atoms with Crippen molar-refractivity contribution in [2.24, 2.45) is 0 Å². The van der Waals surface area contributed by atoms with E-state index in [0.29, 0.717) is 17.4 Å². The third kappa shape index (κ3) is 5.39. The van der Waals surface area contributed by atoms with Crippen LogP contribution in [0.4, 0.5) is 10.5 Å². The number of aromatic carboxylic acids is 1. The largest absolute Gasteiger partial charge is 1.00 e. The van der Waals surface area contributed by atoms with E-state index in [2.05, 4.69) is 16.0 Å². The number of anilines is 1. The van der Waals surface area contributed by atoms with Gasteiger partial charge in [-0.25, -0.2) is 4.79 Å². The molecule has 1 aromatic carbocycles. The van der Waals surface area contributed by atoms with E-state index < -0.39 is 5.97 Å². The number of amides is 3. The number of unbranched alkanes of at least 4 members (excludes halogenated alkanes) is 1. The zero-order valence-electron chi connectivity index (χ0n) is 14.6. The first-order valence-electron chi connectivity index (χ1n) is 8.33. The number of benzene rings is 1. The van der Waals surface area contributed by atoms with Crippen molar-refractivity contribution in [2.45, 2.75) is 43.0 Å². The number of hydrogen-bond donors (Lipinski definition) is 3. The molecule has 0 bridgehead atoms. The average molecular weight is 385 g/mol. The van der Waals surface area contributed by atoms with Gasteiger partial charge in [-0.2, -0.15) is 11.8 Å². The Bertz CT molecular complexity index is 670. The van der Waals surface area contributed by atoms with Gasteiger partial charge < -0.3 is 25.9 Å². The minimum absolute atomic E-state index is 0. The monoisotopic (exact) mass is 385 g/mol. The van der Waals surface area contributed by atoms with Crippen LogP contribution >= 0.6 is 11.8 Å². The van der Waals surface area contributed by atoms with Crippen LogP contribution in [0.5, 0.6) is 0 Å². The van der Waals surface area contributed by atoms with Crippen LogP contribution in [0.15, 0.2) is 24.3 Å². The van der Waals surface area contributed by atoms with Gasteiger partial charge in [-0.05, 0) is 30.5 Å². The van der Waals surface area contributed by atoms with E-state index in [0.717, 1.165) is 25.0 Å². The van der Waals surface area contributed by atoms with Crippen LogP contribution in [0.1, 0.15) is 36.0 Å². The third-order valence-electron chi connectivity index (χ3n) is 4.48. The number of fused-ring (bicyclic) bond motifs is 1. The number of hydrogen-bond acceptors (Lipinski definition) is 5. The number of carbonyl (C=O) groups excluding carboxylic acids is 3. The second-order valence-corrected chi connectivity index (χ2v) is 7.55. The van der Waals surface area contributed by atoms with Gasteiger partial charge in [0.1, 0.15) is 0 Å². The molecule has 134 valence electrons. The topological polar surface area (TPSA) is 110 Å². The molecule has 0 aromatic heterocycles. The molecule has 26 heavy (non-hydrogen) atoms. The fourth-order valence-electron chi connectivity index (χ4n) is 3.19. The number of carbonyl (C=O) groups is 3. The molecule has 2 heterocycles. The zero-order chi connectivity index (χ0) is 17.8. The van der Waals surface area contributed by atoms with Gasteiger partial charge in [0.25, 0.3) is 0 Å². The molecule has 3 atom stereocenters. The maximum absolute atomic E-state index is 11.9. The molecule has 2 saturated heterocycles. The van der Waals surface area contributed by atoms with Crippen LogP contribution < -0.4 is 50.6 Å². The first kappa shape index (κ1) is 21.1. The molecular weight excluding hydrogens is 365 g/mol. The van der Waals surface area contributed by atoms with E-state index in [1.54, 1.807) is 12.1 Å². The van der Waals surface area contributed by atoms with Crippen LogP contribution in [0.25, 0.3) is 0 Å². The van der Waals surface area contributed by atoms with Crippen molar-refractivity contribution in [1.82, 2.24) is 10.6 Å². The Morgan fingerprint density at radius 3 is 2.62 bits per heavy atom. The fourth-order valence-corrected chi connectivity index (χ4v) is 4.73. The summed E-state index contributed by atoms with van der Waals surface area (Å²) in [4.78, 5) is 34.0. The molecule has 0 radical (unpaired) electrons. The summed E-state index contributed by atoms with van der Waals surface area (Å²) in [6.45, 7) is 0. The predicted molar refractivity (Wildman–Crippen MR) is 93.4 cm³/mol. The number of carboxylic acids is 1. The van der Waals surface area contributed by atoms with Gasteiger partial charge >= 0.3 is 35.6 Å². The van der Waals surface area contributed by atoms with Gasteiger partial charge in [0.05, 0.1) is 18.1 Å². The van der Waals surface area contributed by atoms with E-state index in [4.69, 9.17) is 0 Å². The standard InChI is InChI=1S/C17H21N3O4S.Na/c21-14(18-11-7-5-10(6-8-11)16(22)23)4-2-1-3-13-15-12(9-25-13)19-17(24)20-15;/h5-8,12-13,15H,1-4,9H2,(H,18,21)(H,22,23)(H2,19,20,24);/q;+1/p-1/t12?,13-,15?;/m0./s1. The van der Waals surface area contributed by atoms with E-state index in [9.17, 15) is 19.5 Å². The number of thioether (sulfide) groups is 1. The van der Waals surface area contributed by atoms with Gasteiger partial charge in [0.2, 0.25) is 5.91 Å². The fraction of sp³-hybridized carbons (Fsp3) is 0.471. The third-order valence-corrected chi connectivity index (χ3v) is 5.99. The molecule has 9 heteroatoms.